The number of rotatable bonds is 5. The Morgan fingerprint density at radius 1 is 1.45 bits per heavy atom. The van der Waals surface area contributed by atoms with E-state index in [-0.39, 0.29) is 12.7 Å². The average molecular weight is 279 g/mol. The van der Waals surface area contributed by atoms with Crippen LogP contribution in [-0.2, 0) is 4.74 Å². The highest BCUT2D eigenvalue weighted by atomic mass is 16.5. The average Bonchev–Trinajstić information content (AvgIpc) is 2.46. The van der Waals surface area contributed by atoms with Crippen LogP contribution in [0.5, 0.6) is 0 Å². The van der Waals surface area contributed by atoms with E-state index in [9.17, 15) is 10.2 Å². The van der Waals surface area contributed by atoms with Crippen molar-refractivity contribution in [1.82, 2.24) is 4.90 Å². The molecule has 0 amide bonds. The molecule has 1 aromatic carbocycles. The first kappa shape index (κ1) is 15.4. The molecule has 0 spiro atoms. The molecule has 1 aromatic rings. The zero-order valence-corrected chi connectivity index (χ0v) is 12.3. The van der Waals surface area contributed by atoms with Crippen molar-refractivity contribution in [3.63, 3.8) is 0 Å². The predicted octanol–water partition coefficient (Wildman–Crippen LogP) is 1.50. The molecular weight excluding hydrogens is 254 g/mol. The summed E-state index contributed by atoms with van der Waals surface area (Å²) >= 11 is 0. The molecule has 0 bridgehead atoms. The molecule has 0 aromatic heterocycles. The van der Waals surface area contributed by atoms with Gasteiger partial charge in [-0.15, -0.1) is 0 Å². The van der Waals surface area contributed by atoms with Crippen LogP contribution in [0.4, 0.5) is 0 Å². The summed E-state index contributed by atoms with van der Waals surface area (Å²) in [6.07, 6.45) is 0.172. The van der Waals surface area contributed by atoms with Crippen LogP contribution in [-0.4, -0.2) is 53.6 Å². The van der Waals surface area contributed by atoms with Crippen LogP contribution < -0.4 is 0 Å². The van der Waals surface area contributed by atoms with Gasteiger partial charge in [0.15, 0.2) is 0 Å². The SMILES string of the molecule is Cc1cccc(C(O)CCN2CC(CO)OCC2C)c1. The summed E-state index contributed by atoms with van der Waals surface area (Å²) in [6.45, 7) is 6.41. The van der Waals surface area contributed by atoms with Crippen molar-refractivity contribution in [3.05, 3.63) is 35.4 Å². The Bertz CT molecular complexity index is 424. The Morgan fingerprint density at radius 3 is 2.95 bits per heavy atom. The van der Waals surface area contributed by atoms with Crippen molar-refractivity contribution in [2.75, 3.05) is 26.3 Å². The first-order valence-electron chi connectivity index (χ1n) is 7.31. The summed E-state index contributed by atoms with van der Waals surface area (Å²) in [5, 5.41) is 19.5. The third-order valence-corrected chi connectivity index (χ3v) is 3.95. The predicted molar refractivity (Wildman–Crippen MR) is 78.6 cm³/mol. The van der Waals surface area contributed by atoms with Gasteiger partial charge in [0.1, 0.15) is 0 Å². The second kappa shape index (κ2) is 7.18. The summed E-state index contributed by atoms with van der Waals surface area (Å²) in [5.74, 6) is 0. The van der Waals surface area contributed by atoms with Crippen molar-refractivity contribution in [2.45, 2.75) is 38.5 Å². The van der Waals surface area contributed by atoms with Crippen LogP contribution in [0.3, 0.4) is 0 Å². The highest BCUT2D eigenvalue weighted by molar-refractivity contribution is 5.23. The lowest BCUT2D eigenvalue weighted by Crippen LogP contribution is -2.49. The van der Waals surface area contributed by atoms with Gasteiger partial charge in [-0.1, -0.05) is 29.8 Å². The lowest BCUT2D eigenvalue weighted by atomic mass is 10.0. The van der Waals surface area contributed by atoms with Crippen LogP contribution >= 0.6 is 0 Å². The molecule has 1 heterocycles. The molecule has 112 valence electrons. The Kier molecular flexibility index (Phi) is 5.54. The lowest BCUT2D eigenvalue weighted by molar-refractivity contribution is -0.0800. The molecular formula is C16H25NO3. The zero-order chi connectivity index (χ0) is 14.5. The molecule has 0 aliphatic carbocycles. The molecule has 1 fully saturated rings. The third-order valence-electron chi connectivity index (χ3n) is 3.95. The van der Waals surface area contributed by atoms with E-state index >= 15 is 0 Å². The molecule has 0 radical (unpaired) electrons. The van der Waals surface area contributed by atoms with E-state index in [0.29, 0.717) is 19.1 Å². The second-order valence-electron chi connectivity index (χ2n) is 5.70. The molecule has 1 aliphatic rings. The van der Waals surface area contributed by atoms with E-state index in [4.69, 9.17) is 4.74 Å². The van der Waals surface area contributed by atoms with Gasteiger partial charge in [-0.3, -0.25) is 4.90 Å². The van der Waals surface area contributed by atoms with Gasteiger partial charge in [-0.05, 0) is 25.8 Å². The number of aliphatic hydroxyl groups is 2. The first-order valence-corrected chi connectivity index (χ1v) is 7.31. The molecule has 20 heavy (non-hydrogen) atoms. The fourth-order valence-electron chi connectivity index (χ4n) is 2.63. The summed E-state index contributed by atoms with van der Waals surface area (Å²) in [7, 11) is 0. The molecule has 2 rings (SSSR count). The quantitative estimate of drug-likeness (QED) is 0.857. The molecule has 4 heteroatoms. The third kappa shape index (κ3) is 4.03. The van der Waals surface area contributed by atoms with Gasteiger partial charge in [-0.25, -0.2) is 0 Å². The summed E-state index contributed by atoms with van der Waals surface area (Å²) < 4.78 is 5.52. The maximum Gasteiger partial charge on any atom is 0.0933 e. The van der Waals surface area contributed by atoms with E-state index in [1.165, 1.54) is 5.56 Å². The van der Waals surface area contributed by atoms with Gasteiger partial charge in [0.05, 0.1) is 25.4 Å². The number of aliphatic hydroxyl groups excluding tert-OH is 2. The monoisotopic (exact) mass is 279 g/mol. The minimum atomic E-state index is -0.433. The van der Waals surface area contributed by atoms with Crippen molar-refractivity contribution in [2.24, 2.45) is 0 Å². The molecule has 0 saturated carbocycles. The highest BCUT2D eigenvalue weighted by Gasteiger charge is 2.25. The van der Waals surface area contributed by atoms with E-state index in [1.54, 1.807) is 0 Å². The van der Waals surface area contributed by atoms with E-state index in [2.05, 4.69) is 11.8 Å². The number of hydrogen-bond donors (Lipinski definition) is 2. The highest BCUT2D eigenvalue weighted by Crippen LogP contribution is 2.20. The normalized spacial score (nSPS) is 25.6. The van der Waals surface area contributed by atoms with Gasteiger partial charge >= 0.3 is 0 Å². The zero-order valence-electron chi connectivity index (χ0n) is 12.3. The van der Waals surface area contributed by atoms with Gasteiger partial charge in [0.25, 0.3) is 0 Å². The smallest absolute Gasteiger partial charge is 0.0933 e. The van der Waals surface area contributed by atoms with Crippen molar-refractivity contribution < 1.29 is 14.9 Å². The number of ether oxygens (including phenoxy) is 1. The Balaban J connectivity index is 1.87. The van der Waals surface area contributed by atoms with Gasteiger partial charge in [0.2, 0.25) is 0 Å². The number of nitrogens with zero attached hydrogens (tertiary/aromatic N) is 1. The van der Waals surface area contributed by atoms with Gasteiger partial charge in [-0.2, -0.15) is 0 Å². The fourth-order valence-corrected chi connectivity index (χ4v) is 2.63. The van der Waals surface area contributed by atoms with Crippen molar-refractivity contribution >= 4 is 0 Å². The summed E-state index contributed by atoms with van der Waals surface area (Å²) in [4.78, 5) is 2.28. The number of benzene rings is 1. The minimum Gasteiger partial charge on any atom is -0.394 e. The van der Waals surface area contributed by atoms with Crippen LogP contribution in [0.2, 0.25) is 0 Å². The summed E-state index contributed by atoms with van der Waals surface area (Å²) in [6, 6.07) is 8.35. The maximum absolute atomic E-state index is 10.3. The standard InChI is InChI=1S/C16H25NO3/c1-12-4-3-5-14(8-12)16(19)6-7-17-9-15(10-18)20-11-13(17)2/h3-5,8,13,15-16,18-19H,6-7,9-11H2,1-2H3. The first-order chi connectivity index (χ1) is 9.60. The molecule has 1 aliphatic heterocycles. The van der Waals surface area contributed by atoms with Crippen LogP contribution in [0.25, 0.3) is 0 Å². The van der Waals surface area contributed by atoms with Crippen LogP contribution in [0.1, 0.15) is 30.6 Å². The fraction of sp³-hybridized carbons (Fsp3) is 0.625. The van der Waals surface area contributed by atoms with E-state index < -0.39 is 6.10 Å². The number of aryl methyl sites for hydroxylation is 1. The van der Waals surface area contributed by atoms with E-state index in [1.807, 2.05) is 31.2 Å². The Morgan fingerprint density at radius 2 is 2.25 bits per heavy atom. The van der Waals surface area contributed by atoms with Gasteiger partial charge in [0, 0.05) is 19.1 Å². The molecule has 3 unspecified atom stereocenters. The number of hydrogen-bond acceptors (Lipinski definition) is 4. The van der Waals surface area contributed by atoms with E-state index in [0.717, 1.165) is 18.7 Å². The molecule has 2 N–H and O–H groups in total. The largest absolute Gasteiger partial charge is 0.394 e. The molecule has 3 atom stereocenters. The second-order valence-corrected chi connectivity index (χ2v) is 5.70. The Labute approximate surface area is 121 Å². The summed E-state index contributed by atoms with van der Waals surface area (Å²) in [5.41, 5.74) is 2.14. The van der Waals surface area contributed by atoms with Crippen molar-refractivity contribution in [3.8, 4) is 0 Å². The molecule has 1 saturated heterocycles. The van der Waals surface area contributed by atoms with Crippen molar-refractivity contribution in [1.29, 1.82) is 0 Å². The molecule has 4 nitrogen and oxygen atoms in total. The lowest BCUT2D eigenvalue weighted by Gasteiger charge is -2.37. The van der Waals surface area contributed by atoms with Gasteiger partial charge < -0.3 is 14.9 Å². The Hall–Kier alpha value is -0.940. The topological polar surface area (TPSA) is 52.9 Å². The minimum absolute atomic E-state index is 0.0592. The van der Waals surface area contributed by atoms with Crippen LogP contribution in [0, 0.1) is 6.92 Å². The maximum atomic E-state index is 10.3. The van der Waals surface area contributed by atoms with Crippen LogP contribution in [0.15, 0.2) is 24.3 Å². The number of morpholine rings is 1.